The molecule has 0 unspecified atom stereocenters. The van der Waals surface area contributed by atoms with Crippen LogP contribution in [0, 0.1) is 0 Å². The molecular weight excluding hydrogens is 222 g/mol. The second kappa shape index (κ2) is 5.31. The number of nitrogens with one attached hydrogen (secondary N) is 1. The summed E-state index contributed by atoms with van der Waals surface area (Å²) in [5.74, 6) is -0.527. The number of hydrogen-bond donors (Lipinski definition) is 2. The van der Waals surface area contributed by atoms with Crippen LogP contribution >= 0.6 is 0 Å². The fourth-order valence-corrected chi connectivity index (χ4v) is 1.50. The molecule has 0 saturated carbocycles. The van der Waals surface area contributed by atoms with Crippen LogP contribution < -0.4 is 5.32 Å². The summed E-state index contributed by atoms with van der Waals surface area (Å²) in [6, 6.07) is 3.31. The zero-order valence-corrected chi connectivity index (χ0v) is 9.17. The first-order valence-corrected chi connectivity index (χ1v) is 5.25. The number of hydrogen-bond acceptors (Lipinski definition) is 4. The van der Waals surface area contributed by atoms with E-state index in [0.29, 0.717) is 18.8 Å². The maximum atomic E-state index is 10.8. The lowest BCUT2D eigenvalue weighted by Crippen LogP contribution is -2.20. The summed E-state index contributed by atoms with van der Waals surface area (Å²) in [4.78, 5) is 10.8. The van der Waals surface area contributed by atoms with Gasteiger partial charge < -0.3 is 14.8 Å². The molecule has 2 aromatic heterocycles. The van der Waals surface area contributed by atoms with Crippen molar-refractivity contribution in [3.63, 3.8) is 0 Å². The van der Waals surface area contributed by atoms with Crippen LogP contribution in [0.25, 0.3) is 0 Å². The lowest BCUT2D eigenvalue weighted by atomic mass is 10.2. The number of aromatic nitrogens is 2. The monoisotopic (exact) mass is 235 g/mol. The standard InChI is InChI=1S/C11H13N3O3/c15-11(16)9-2-7-17-10(9)8-12-4-6-14-5-1-3-13-14/h1-3,5,7,12H,4,6,8H2,(H,15,16). The van der Waals surface area contributed by atoms with E-state index in [2.05, 4.69) is 10.4 Å². The van der Waals surface area contributed by atoms with Gasteiger partial charge in [0.1, 0.15) is 11.3 Å². The average Bonchev–Trinajstić information content (AvgIpc) is 2.95. The molecule has 6 nitrogen and oxygen atoms in total. The molecule has 0 saturated heterocycles. The van der Waals surface area contributed by atoms with Crippen LogP contribution in [0.3, 0.4) is 0 Å². The molecule has 0 aliphatic heterocycles. The second-order valence-electron chi connectivity index (χ2n) is 3.51. The zero-order valence-electron chi connectivity index (χ0n) is 9.17. The van der Waals surface area contributed by atoms with Crippen molar-refractivity contribution in [2.45, 2.75) is 13.1 Å². The number of carbonyl (C=O) groups is 1. The third kappa shape index (κ3) is 2.94. The van der Waals surface area contributed by atoms with Gasteiger partial charge in [-0.1, -0.05) is 0 Å². The molecule has 2 aromatic rings. The molecule has 0 atom stereocenters. The van der Waals surface area contributed by atoms with E-state index < -0.39 is 5.97 Å². The first-order valence-electron chi connectivity index (χ1n) is 5.25. The molecule has 0 fully saturated rings. The lowest BCUT2D eigenvalue weighted by Gasteiger charge is -2.03. The fourth-order valence-electron chi connectivity index (χ4n) is 1.50. The van der Waals surface area contributed by atoms with E-state index in [1.807, 2.05) is 12.3 Å². The number of furan rings is 1. The normalized spacial score (nSPS) is 10.6. The summed E-state index contributed by atoms with van der Waals surface area (Å²) < 4.78 is 6.90. The van der Waals surface area contributed by atoms with E-state index in [4.69, 9.17) is 9.52 Å². The second-order valence-corrected chi connectivity index (χ2v) is 3.51. The quantitative estimate of drug-likeness (QED) is 0.729. The van der Waals surface area contributed by atoms with Gasteiger partial charge in [-0.2, -0.15) is 5.10 Å². The van der Waals surface area contributed by atoms with Crippen molar-refractivity contribution < 1.29 is 14.3 Å². The molecule has 0 aromatic carbocycles. The Kier molecular flexibility index (Phi) is 3.56. The third-order valence-electron chi connectivity index (χ3n) is 2.34. The molecule has 0 spiro atoms. The Bertz CT molecular complexity index is 476. The highest BCUT2D eigenvalue weighted by atomic mass is 16.4. The van der Waals surface area contributed by atoms with Crippen LogP contribution in [0.15, 0.2) is 35.2 Å². The Morgan fingerprint density at radius 3 is 3.18 bits per heavy atom. The zero-order chi connectivity index (χ0) is 12.1. The minimum absolute atomic E-state index is 0.205. The van der Waals surface area contributed by atoms with E-state index in [1.54, 1.807) is 10.9 Å². The van der Waals surface area contributed by atoms with E-state index >= 15 is 0 Å². The molecule has 0 aliphatic carbocycles. The first kappa shape index (κ1) is 11.4. The van der Waals surface area contributed by atoms with Crippen LogP contribution in [-0.4, -0.2) is 27.4 Å². The number of carboxylic acid groups (broad SMARTS) is 1. The summed E-state index contributed by atoms with van der Waals surface area (Å²) in [6.07, 6.45) is 4.97. The van der Waals surface area contributed by atoms with Gasteiger partial charge in [-0.25, -0.2) is 4.79 Å². The van der Waals surface area contributed by atoms with Gasteiger partial charge in [-0.3, -0.25) is 4.68 Å². The third-order valence-corrected chi connectivity index (χ3v) is 2.34. The van der Waals surface area contributed by atoms with E-state index in [1.165, 1.54) is 12.3 Å². The number of carboxylic acids is 1. The van der Waals surface area contributed by atoms with E-state index in [9.17, 15) is 4.79 Å². The lowest BCUT2D eigenvalue weighted by molar-refractivity contribution is 0.0694. The van der Waals surface area contributed by atoms with Crippen molar-refractivity contribution in [2.75, 3.05) is 6.54 Å². The Morgan fingerprint density at radius 1 is 1.59 bits per heavy atom. The van der Waals surface area contributed by atoms with Crippen molar-refractivity contribution in [3.8, 4) is 0 Å². The molecule has 90 valence electrons. The van der Waals surface area contributed by atoms with Gasteiger partial charge in [0.2, 0.25) is 0 Å². The Balaban J connectivity index is 1.78. The molecule has 0 bridgehead atoms. The minimum Gasteiger partial charge on any atom is -0.478 e. The van der Waals surface area contributed by atoms with Crippen molar-refractivity contribution in [2.24, 2.45) is 0 Å². The largest absolute Gasteiger partial charge is 0.478 e. The highest BCUT2D eigenvalue weighted by molar-refractivity contribution is 5.88. The van der Waals surface area contributed by atoms with Crippen molar-refractivity contribution >= 4 is 5.97 Å². The molecular formula is C11H13N3O3. The van der Waals surface area contributed by atoms with Gasteiger partial charge in [0.05, 0.1) is 19.4 Å². The van der Waals surface area contributed by atoms with Crippen LogP contribution in [0.1, 0.15) is 16.1 Å². The molecule has 17 heavy (non-hydrogen) atoms. The van der Waals surface area contributed by atoms with E-state index in [-0.39, 0.29) is 5.56 Å². The predicted octanol–water partition coefficient (Wildman–Crippen LogP) is 0.964. The minimum atomic E-state index is -0.970. The Morgan fingerprint density at radius 2 is 2.47 bits per heavy atom. The molecule has 2 rings (SSSR count). The smallest absolute Gasteiger partial charge is 0.339 e. The number of aromatic carboxylic acids is 1. The molecule has 2 N–H and O–H groups in total. The molecule has 0 radical (unpaired) electrons. The fraction of sp³-hybridized carbons (Fsp3) is 0.273. The van der Waals surface area contributed by atoms with Crippen molar-refractivity contribution in [1.82, 2.24) is 15.1 Å². The predicted molar refractivity (Wildman–Crippen MR) is 59.6 cm³/mol. The maximum Gasteiger partial charge on any atom is 0.339 e. The van der Waals surface area contributed by atoms with Crippen molar-refractivity contribution in [3.05, 3.63) is 42.1 Å². The van der Waals surface area contributed by atoms with E-state index in [0.717, 1.165) is 6.54 Å². The van der Waals surface area contributed by atoms with Crippen LogP contribution in [0.4, 0.5) is 0 Å². The molecule has 0 amide bonds. The van der Waals surface area contributed by atoms with Gasteiger partial charge in [0.25, 0.3) is 0 Å². The average molecular weight is 235 g/mol. The van der Waals surface area contributed by atoms with Gasteiger partial charge >= 0.3 is 5.97 Å². The van der Waals surface area contributed by atoms with Gasteiger partial charge in [0, 0.05) is 18.9 Å². The Labute approximate surface area is 97.9 Å². The number of nitrogens with zero attached hydrogens (tertiary/aromatic N) is 2. The maximum absolute atomic E-state index is 10.8. The SMILES string of the molecule is O=C(O)c1ccoc1CNCCn1cccn1. The number of rotatable bonds is 6. The summed E-state index contributed by atoms with van der Waals surface area (Å²) in [5, 5.41) is 16.0. The summed E-state index contributed by atoms with van der Waals surface area (Å²) in [5.41, 5.74) is 0.205. The van der Waals surface area contributed by atoms with Gasteiger partial charge in [-0.05, 0) is 12.1 Å². The van der Waals surface area contributed by atoms with Crippen LogP contribution in [0.2, 0.25) is 0 Å². The molecule has 2 heterocycles. The molecule has 0 aliphatic rings. The topological polar surface area (TPSA) is 80.3 Å². The van der Waals surface area contributed by atoms with Crippen LogP contribution in [-0.2, 0) is 13.1 Å². The summed E-state index contributed by atoms with van der Waals surface area (Å²) >= 11 is 0. The highest BCUT2D eigenvalue weighted by Gasteiger charge is 2.12. The molecule has 6 heteroatoms. The summed E-state index contributed by atoms with van der Waals surface area (Å²) in [6.45, 7) is 1.83. The van der Waals surface area contributed by atoms with Crippen molar-refractivity contribution in [1.29, 1.82) is 0 Å². The Hall–Kier alpha value is -2.08. The van der Waals surface area contributed by atoms with Crippen LogP contribution in [0.5, 0.6) is 0 Å². The van der Waals surface area contributed by atoms with Gasteiger partial charge in [-0.15, -0.1) is 0 Å². The highest BCUT2D eigenvalue weighted by Crippen LogP contribution is 2.09. The summed E-state index contributed by atoms with van der Waals surface area (Å²) in [7, 11) is 0. The first-order chi connectivity index (χ1) is 8.27. The van der Waals surface area contributed by atoms with Gasteiger partial charge in [0.15, 0.2) is 0 Å².